The van der Waals surface area contributed by atoms with Crippen LogP contribution < -0.4 is 0 Å². The van der Waals surface area contributed by atoms with E-state index in [0.717, 1.165) is 33.6 Å². The lowest BCUT2D eigenvalue weighted by molar-refractivity contribution is 1.33. The summed E-state index contributed by atoms with van der Waals surface area (Å²) in [4.78, 5) is 5.69. The summed E-state index contributed by atoms with van der Waals surface area (Å²) < 4.78 is 0. The van der Waals surface area contributed by atoms with Crippen molar-refractivity contribution in [3.63, 3.8) is 0 Å². The van der Waals surface area contributed by atoms with Crippen molar-refractivity contribution in [1.82, 2.24) is 4.98 Å². The average molecular weight is 860 g/mol. The standard InChI is InChI=1S/C67H41N/c1-5-17-44(18-6-1)57-41-56(60(48-19-7-2-8-20-48)63-53-30-14-26-46-25-13-29-52(58(46)53)62(57)63)45-37-33-42(34-38-45)43-35-39-51(40-36-43)66-61(49-21-9-3-10-22-49)64-54-31-15-27-47-28-16-32-55(59(47)54)65(64)67(68-66)50-23-11-4-12-24-50/h1-41H. The summed E-state index contributed by atoms with van der Waals surface area (Å²) >= 11 is 0. The van der Waals surface area contributed by atoms with Crippen LogP contribution in [0.25, 0.3) is 144 Å². The molecule has 14 rings (SSSR count). The first-order valence-electron chi connectivity index (χ1n) is 23.5. The first-order valence-corrected chi connectivity index (χ1v) is 23.5. The van der Waals surface area contributed by atoms with Crippen molar-refractivity contribution in [2.24, 2.45) is 0 Å². The fraction of sp³-hybridized carbons (Fsp3) is 0. The molecule has 1 nitrogen and oxygen atoms in total. The number of nitrogens with zero attached hydrogens (tertiary/aromatic N) is 1. The highest BCUT2D eigenvalue weighted by Crippen LogP contribution is 2.58. The number of benzene rings is 11. The van der Waals surface area contributed by atoms with Gasteiger partial charge in [0.1, 0.15) is 0 Å². The molecule has 0 amide bonds. The van der Waals surface area contributed by atoms with Crippen molar-refractivity contribution in [3.05, 3.63) is 249 Å². The van der Waals surface area contributed by atoms with Gasteiger partial charge in [0.05, 0.1) is 11.4 Å². The summed E-state index contributed by atoms with van der Waals surface area (Å²) in [6.45, 7) is 0. The molecule has 1 heterocycles. The van der Waals surface area contributed by atoms with E-state index in [1.54, 1.807) is 0 Å². The van der Waals surface area contributed by atoms with E-state index >= 15 is 0 Å². The topological polar surface area (TPSA) is 12.9 Å². The summed E-state index contributed by atoms with van der Waals surface area (Å²) in [5.74, 6) is 0. The van der Waals surface area contributed by atoms with Crippen molar-refractivity contribution in [3.8, 4) is 123 Å². The molecule has 0 saturated carbocycles. The Labute approximate surface area is 396 Å². The van der Waals surface area contributed by atoms with Gasteiger partial charge in [0.2, 0.25) is 0 Å². The molecule has 11 aromatic carbocycles. The van der Waals surface area contributed by atoms with E-state index in [9.17, 15) is 0 Å². The SMILES string of the molecule is c1ccc(-c2cc(-c3ccc(-c4ccc(-c5nc(-c6ccccc6)c6c(c5-c5ccccc5)-c5cccc7cccc-6c57)cc4)cc3)c(-c3ccccc3)c3c2-c2cccc4cccc-3c24)cc1. The lowest BCUT2D eigenvalue weighted by Gasteiger charge is -2.21. The molecule has 2 aliphatic carbocycles. The van der Waals surface area contributed by atoms with E-state index in [4.69, 9.17) is 4.98 Å². The zero-order chi connectivity index (χ0) is 44.7. The van der Waals surface area contributed by atoms with Gasteiger partial charge in [0.15, 0.2) is 0 Å². The molecular weight excluding hydrogens is 819 g/mol. The molecule has 0 saturated heterocycles. The maximum atomic E-state index is 5.69. The van der Waals surface area contributed by atoms with Gasteiger partial charge in [-0.3, -0.25) is 0 Å². The van der Waals surface area contributed by atoms with Crippen molar-refractivity contribution >= 4 is 21.5 Å². The average Bonchev–Trinajstić information content (AvgIpc) is 3.94. The minimum absolute atomic E-state index is 0.984. The van der Waals surface area contributed by atoms with Gasteiger partial charge in [-0.1, -0.05) is 243 Å². The van der Waals surface area contributed by atoms with E-state index in [1.165, 1.54) is 111 Å². The first kappa shape index (κ1) is 38.4. The quantitative estimate of drug-likeness (QED) is 0.156. The summed E-state index contributed by atoms with van der Waals surface area (Å²) in [6.07, 6.45) is 0. The predicted molar refractivity (Wildman–Crippen MR) is 286 cm³/mol. The zero-order valence-corrected chi connectivity index (χ0v) is 37.1. The number of pyridine rings is 1. The molecule has 0 unspecified atom stereocenters. The van der Waals surface area contributed by atoms with Crippen molar-refractivity contribution in [2.45, 2.75) is 0 Å². The monoisotopic (exact) mass is 859 g/mol. The van der Waals surface area contributed by atoms with Crippen LogP contribution in [0.2, 0.25) is 0 Å². The molecule has 2 aliphatic rings. The Morgan fingerprint density at radius 2 is 0.529 bits per heavy atom. The molecule has 314 valence electrons. The lowest BCUT2D eigenvalue weighted by atomic mass is 9.82. The van der Waals surface area contributed by atoms with Crippen LogP contribution in [0.5, 0.6) is 0 Å². The van der Waals surface area contributed by atoms with Crippen LogP contribution in [0.15, 0.2) is 249 Å². The number of hydrogen-bond acceptors (Lipinski definition) is 1. The van der Waals surface area contributed by atoms with Crippen LogP contribution in [-0.2, 0) is 0 Å². The fourth-order valence-corrected chi connectivity index (χ4v) is 11.4. The molecular formula is C67H41N. The lowest BCUT2D eigenvalue weighted by Crippen LogP contribution is -1.98. The van der Waals surface area contributed by atoms with Gasteiger partial charge in [-0.2, -0.15) is 0 Å². The van der Waals surface area contributed by atoms with Crippen LogP contribution in [0.3, 0.4) is 0 Å². The van der Waals surface area contributed by atoms with E-state index < -0.39 is 0 Å². The third kappa shape index (κ3) is 5.86. The fourth-order valence-electron chi connectivity index (χ4n) is 11.4. The summed E-state index contributed by atoms with van der Waals surface area (Å²) in [6, 6.07) is 91.1. The van der Waals surface area contributed by atoms with Gasteiger partial charge >= 0.3 is 0 Å². The highest BCUT2D eigenvalue weighted by Gasteiger charge is 2.32. The van der Waals surface area contributed by atoms with Gasteiger partial charge < -0.3 is 0 Å². The molecule has 12 aromatic rings. The summed E-state index contributed by atoms with van der Waals surface area (Å²) in [5.41, 5.74) is 26.4. The third-order valence-electron chi connectivity index (χ3n) is 14.4. The molecule has 0 radical (unpaired) electrons. The largest absolute Gasteiger partial charge is 0.246 e. The van der Waals surface area contributed by atoms with Gasteiger partial charge in [-0.05, 0) is 111 Å². The van der Waals surface area contributed by atoms with Gasteiger partial charge in [-0.25, -0.2) is 4.98 Å². The third-order valence-corrected chi connectivity index (χ3v) is 14.4. The maximum absolute atomic E-state index is 5.69. The van der Waals surface area contributed by atoms with E-state index in [1.807, 2.05) is 0 Å². The second-order valence-corrected chi connectivity index (χ2v) is 18.1. The maximum Gasteiger partial charge on any atom is 0.0794 e. The number of aromatic nitrogens is 1. The molecule has 0 bridgehead atoms. The second-order valence-electron chi connectivity index (χ2n) is 18.1. The van der Waals surface area contributed by atoms with Crippen molar-refractivity contribution in [2.75, 3.05) is 0 Å². The molecule has 0 aliphatic heterocycles. The number of hydrogen-bond donors (Lipinski definition) is 0. The Balaban J connectivity index is 0.920. The Kier molecular flexibility index (Phi) is 8.66. The van der Waals surface area contributed by atoms with E-state index in [-0.39, 0.29) is 0 Å². The predicted octanol–water partition coefficient (Wildman–Crippen LogP) is 18.4. The van der Waals surface area contributed by atoms with Gasteiger partial charge in [0.25, 0.3) is 0 Å². The second kappa shape index (κ2) is 15.3. The molecule has 68 heavy (non-hydrogen) atoms. The van der Waals surface area contributed by atoms with Crippen molar-refractivity contribution in [1.29, 1.82) is 0 Å². The Morgan fingerprint density at radius 1 is 0.191 bits per heavy atom. The first-order chi connectivity index (χ1) is 33.8. The van der Waals surface area contributed by atoms with E-state index in [0.29, 0.717) is 0 Å². The molecule has 0 fully saturated rings. The molecule has 1 aromatic heterocycles. The van der Waals surface area contributed by atoms with Crippen LogP contribution in [-0.4, -0.2) is 4.98 Å². The molecule has 0 spiro atoms. The zero-order valence-electron chi connectivity index (χ0n) is 37.1. The Morgan fingerprint density at radius 3 is 1.04 bits per heavy atom. The summed E-state index contributed by atoms with van der Waals surface area (Å²) in [5, 5.41) is 5.15. The Hall–Kier alpha value is -8.91. The van der Waals surface area contributed by atoms with E-state index in [2.05, 4.69) is 249 Å². The van der Waals surface area contributed by atoms with Crippen LogP contribution >= 0.6 is 0 Å². The van der Waals surface area contributed by atoms with Crippen LogP contribution in [0.4, 0.5) is 0 Å². The van der Waals surface area contributed by atoms with Gasteiger partial charge in [0, 0.05) is 27.8 Å². The minimum atomic E-state index is 0.984. The van der Waals surface area contributed by atoms with Crippen molar-refractivity contribution < 1.29 is 0 Å². The van der Waals surface area contributed by atoms with Gasteiger partial charge in [-0.15, -0.1) is 0 Å². The Bertz CT molecular complexity index is 3670. The summed E-state index contributed by atoms with van der Waals surface area (Å²) in [7, 11) is 0. The smallest absolute Gasteiger partial charge is 0.0794 e. The van der Waals surface area contributed by atoms with Crippen LogP contribution in [0, 0.1) is 0 Å². The molecule has 1 heteroatoms. The van der Waals surface area contributed by atoms with Crippen LogP contribution in [0.1, 0.15) is 0 Å². The highest BCUT2D eigenvalue weighted by molar-refractivity contribution is 6.24. The molecule has 0 atom stereocenters. The minimum Gasteiger partial charge on any atom is -0.246 e. The molecule has 0 N–H and O–H groups in total. The normalized spacial score (nSPS) is 11.8. The number of rotatable bonds is 7. The highest BCUT2D eigenvalue weighted by atomic mass is 14.7. The number of fused-ring (bicyclic) bond motifs is 6.